The highest BCUT2D eigenvalue weighted by molar-refractivity contribution is 5.83. The normalized spacial score (nSPS) is 12.4. The van der Waals surface area contributed by atoms with Gasteiger partial charge < -0.3 is 16.4 Å². The molecule has 0 heterocycles. The number of nitrogens with one attached hydrogen (secondary N) is 2. The second-order valence-corrected chi connectivity index (χ2v) is 4.73. The van der Waals surface area contributed by atoms with Crippen LogP contribution in [-0.2, 0) is 4.79 Å². The van der Waals surface area contributed by atoms with Crippen molar-refractivity contribution in [1.82, 2.24) is 10.6 Å². The Morgan fingerprint density at radius 2 is 1.94 bits per heavy atom. The van der Waals surface area contributed by atoms with E-state index >= 15 is 0 Å². The lowest BCUT2D eigenvalue weighted by molar-refractivity contribution is -0.128. The predicted octanol–water partition coefficient (Wildman–Crippen LogP) is 0.853. The van der Waals surface area contributed by atoms with Crippen molar-refractivity contribution in [2.24, 2.45) is 16.1 Å². The van der Waals surface area contributed by atoms with Gasteiger partial charge in [0, 0.05) is 13.1 Å². The van der Waals surface area contributed by atoms with Crippen LogP contribution in [0.1, 0.15) is 40.5 Å². The van der Waals surface area contributed by atoms with E-state index in [-0.39, 0.29) is 5.91 Å². The average Bonchev–Trinajstić information content (AvgIpc) is 2.27. The van der Waals surface area contributed by atoms with Gasteiger partial charge in [0.05, 0.1) is 12.0 Å². The van der Waals surface area contributed by atoms with Crippen LogP contribution >= 0.6 is 0 Å². The van der Waals surface area contributed by atoms with Crippen LogP contribution in [0.4, 0.5) is 0 Å². The number of nitrogens with two attached hydrogens (primary N) is 1. The molecule has 0 saturated heterocycles. The molecule has 0 aliphatic carbocycles. The van der Waals surface area contributed by atoms with Crippen molar-refractivity contribution in [1.29, 1.82) is 0 Å². The molecule has 0 saturated carbocycles. The average molecular weight is 242 g/mol. The highest BCUT2D eigenvalue weighted by Crippen LogP contribution is 2.15. The van der Waals surface area contributed by atoms with Crippen LogP contribution in [0.15, 0.2) is 4.99 Å². The quantitative estimate of drug-likeness (QED) is 0.352. The van der Waals surface area contributed by atoms with E-state index in [1.807, 2.05) is 20.8 Å². The minimum Gasteiger partial charge on any atom is -0.370 e. The molecular formula is C12H26N4O. The molecule has 5 heteroatoms. The minimum atomic E-state index is -0.521. The highest BCUT2D eigenvalue weighted by Gasteiger charge is 2.26. The molecule has 4 N–H and O–H groups in total. The van der Waals surface area contributed by atoms with Crippen molar-refractivity contribution in [2.75, 3.05) is 19.6 Å². The zero-order valence-electron chi connectivity index (χ0n) is 11.5. The van der Waals surface area contributed by atoms with E-state index in [1.54, 1.807) is 0 Å². The smallest absolute Gasteiger partial charge is 0.227 e. The number of carbonyl (C=O) groups is 1. The molecule has 0 aromatic carbocycles. The first-order chi connectivity index (χ1) is 7.94. The molecule has 0 fully saturated rings. The van der Waals surface area contributed by atoms with Gasteiger partial charge in [-0.05, 0) is 27.2 Å². The Labute approximate surface area is 104 Å². The van der Waals surface area contributed by atoms with Crippen LogP contribution < -0.4 is 16.4 Å². The molecule has 0 aromatic rings. The summed E-state index contributed by atoms with van der Waals surface area (Å²) in [5.41, 5.74) is 5.18. The summed E-state index contributed by atoms with van der Waals surface area (Å²) in [5, 5.41) is 5.82. The zero-order chi connectivity index (χ0) is 13.3. The lowest BCUT2D eigenvalue weighted by Gasteiger charge is -2.21. The first kappa shape index (κ1) is 15.7. The summed E-state index contributed by atoms with van der Waals surface area (Å²) in [5.74, 6) is 0.418. The summed E-state index contributed by atoms with van der Waals surface area (Å²) in [6.45, 7) is 9.60. The number of hydrogen-bond acceptors (Lipinski definition) is 2. The van der Waals surface area contributed by atoms with E-state index in [0.717, 1.165) is 19.4 Å². The molecule has 0 aromatic heterocycles. The van der Waals surface area contributed by atoms with Crippen LogP contribution in [-0.4, -0.2) is 31.5 Å². The Balaban J connectivity index is 4.13. The summed E-state index contributed by atoms with van der Waals surface area (Å²) in [6, 6.07) is 0. The number of guanidine groups is 1. The Bertz CT molecular complexity index is 261. The number of amides is 1. The number of nitrogens with zero attached hydrogens (tertiary/aromatic N) is 1. The molecule has 0 spiro atoms. The SMILES string of the molecule is CCCCNC(N)=NCC(C)(C)C(=O)NCC. The number of hydrogen-bond donors (Lipinski definition) is 3. The summed E-state index contributed by atoms with van der Waals surface area (Å²) >= 11 is 0. The lowest BCUT2D eigenvalue weighted by atomic mass is 9.92. The summed E-state index contributed by atoms with van der Waals surface area (Å²) in [7, 11) is 0. The third kappa shape index (κ3) is 6.81. The molecule has 0 radical (unpaired) electrons. The van der Waals surface area contributed by atoms with Gasteiger partial charge in [-0.2, -0.15) is 0 Å². The van der Waals surface area contributed by atoms with Crippen molar-refractivity contribution in [2.45, 2.75) is 40.5 Å². The Morgan fingerprint density at radius 3 is 2.47 bits per heavy atom. The van der Waals surface area contributed by atoms with Crippen molar-refractivity contribution >= 4 is 11.9 Å². The van der Waals surface area contributed by atoms with E-state index in [4.69, 9.17) is 5.73 Å². The second-order valence-electron chi connectivity index (χ2n) is 4.73. The van der Waals surface area contributed by atoms with Crippen molar-refractivity contribution in [3.05, 3.63) is 0 Å². The van der Waals surface area contributed by atoms with Gasteiger partial charge in [-0.1, -0.05) is 13.3 Å². The summed E-state index contributed by atoms with van der Waals surface area (Å²) in [6.07, 6.45) is 2.18. The van der Waals surface area contributed by atoms with Crippen molar-refractivity contribution in [3.63, 3.8) is 0 Å². The van der Waals surface area contributed by atoms with Crippen molar-refractivity contribution in [3.8, 4) is 0 Å². The number of rotatable bonds is 7. The van der Waals surface area contributed by atoms with E-state index in [2.05, 4.69) is 22.5 Å². The van der Waals surface area contributed by atoms with Crippen LogP contribution in [0.3, 0.4) is 0 Å². The zero-order valence-corrected chi connectivity index (χ0v) is 11.5. The standard InChI is InChI=1S/C12H26N4O/c1-5-7-8-15-11(13)16-9-12(3,4)10(17)14-6-2/h5-9H2,1-4H3,(H,14,17)(H3,13,15,16). The highest BCUT2D eigenvalue weighted by atomic mass is 16.2. The summed E-state index contributed by atoms with van der Waals surface area (Å²) < 4.78 is 0. The number of unbranched alkanes of at least 4 members (excludes halogenated alkanes) is 1. The second kappa shape index (κ2) is 7.92. The van der Waals surface area contributed by atoms with Crippen LogP contribution in [0.2, 0.25) is 0 Å². The maximum Gasteiger partial charge on any atom is 0.227 e. The van der Waals surface area contributed by atoms with Gasteiger partial charge in [-0.25, -0.2) is 0 Å². The Kier molecular flexibility index (Phi) is 7.34. The Hall–Kier alpha value is -1.26. The van der Waals surface area contributed by atoms with Gasteiger partial charge in [-0.15, -0.1) is 0 Å². The molecule has 0 unspecified atom stereocenters. The fourth-order valence-corrected chi connectivity index (χ4v) is 1.20. The Morgan fingerprint density at radius 1 is 1.29 bits per heavy atom. The summed E-state index contributed by atoms with van der Waals surface area (Å²) in [4.78, 5) is 15.9. The van der Waals surface area contributed by atoms with E-state index < -0.39 is 5.41 Å². The van der Waals surface area contributed by atoms with E-state index in [1.165, 1.54) is 0 Å². The molecule has 0 atom stereocenters. The van der Waals surface area contributed by atoms with Crippen molar-refractivity contribution < 1.29 is 4.79 Å². The lowest BCUT2D eigenvalue weighted by Crippen LogP contribution is -2.40. The number of carbonyl (C=O) groups excluding carboxylic acids is 1. The molecule has 0 aliphatic rings. The van der Waals surface area contributed by atoms with Crippen LogP contribution in [0.25, 0.3) is 0 Å². The molecule has 0 rings (SSSR count). The predicted molar refractivity (Wildman–Crippen MR) is 71.9 cm³/mol. The van der Waals surface area contributed by atoms with Gasteiger partial charge in [0.15, 0.2) is 5.96 Å². The van der Waals surface area contributed by atoms with Gasteiger partial charge in [0.25, 0.3) is 0 Å². The fourth-order valence-electron chi connectivity index (χ4n) is 1.20. The monoisotopic (exact) mass is 242 g/mol. The fraction of sp³-hybridized carbons (Fsp3) is 0.833. The molecule has 5 nitrogen and oxygen atoms in total. The maximum atomic E-state index is 11.7. The maximum absolute atomic E-state index is 11.7. The molecule has 0 aliphatic heterocycles. The van der Waals surface area contributed by atoms with Crippen LogP contribution in [0.5, 0.6) is 0 Å². The first-order valence-corrected chi connectivity index (χ1v) is 6.26. The third-order valence-corrected chi connectivity index (χ3v) is 2.43. The minimum absolute atomic E-state index is 0.00473. The van der Waals surface area contributed by atoms with Gasteiger partial charge in [0.1, 0.15) is 0 Å². The molecule has 0 bridgehead atoms. The van der Waals surface area contributed by atoms with Gasteiger partial charge in [0.2, 0.25) is 5.91 Å². The van der Waals surface area contributed by atoms with E-state index in [0.29, 0.717) is 19.0 Å². The van der Waals surface area contributed by atoms with Gasteiger partial charge in [-0.3, -0.25) is 9.79 Å². The molecular weight excluding hydrogens is 216 g/mol. The van der Waals surface area contributed by atoms with E-state index in [9.17, 15) is 4.79 Å². The largest absolute Gasteiger partial charge is 0.370 e. The first-order valence-electron chi connectivity index (χ1n) is 6.26. The molecule has 100 valence electrons. The topological polar surface area (TPSA) is 79.5 Å². The third-order valence-electron chi connectivity index (χ3n) is 2.43. The van der Waals surface area contributed by atoms with Gasteiger partial charge >= 0.3 is 0 Å². The van der Waals surface area contributed by atoms with Crippen LogP contribution in [0, 0.1) is 5.41 Å². The number of aliphatic imine (C=N–C) groups is 1. The molecule has 17 heavy (non-hydrogen) atoms. The molecule has 1 amide bonds.